The van der Waals surface area contributed by atoms with E-state index in [9.17, 15) is 5.11 Å². The summed E-state index contributed by atoms with van der Waals surface area (Å²) in [5.74, 6) is 2.15. The van der Waals surface area contributed by atoms with Gasteiger partial charge in [-0.15, -0.1) is 0 Å². The molecule has 1 aromatic heterocycles. The summed E-state index contributed by atoms with van der Waals surface area (Å²) in [4.78, 5) is 6.38. The molecule has 0 bridgehead atoms. The zero-order chi connectivity index (χ0) is 15.6. The highest BCUT2D eigenvalue weighted by atomic mass is 16.5. The quantitative estimate of drug-likeness (QED) is 0.916. The number of hydrogen-bond acceptors (Lipinski definition) is 5. The van der Waals surface area contributed by atoms with Gasteiger partial charge in [-0.2, -0.15) is 0 Å². The number of benzene rings is 1. The maximum atomic E-state index is 9.99. The van der Waals surface area contributed by atoms with E-state index in [0.717, 1.165) is 16.6 Å². The van der Waals surface area contributed by atoms with Gasteiger partial charge in [0.05, 0.1) is 19.8 Å². The standard InChI is InChI=1S/C16H22N2O3/c1-16(2,19)10-18(3)15-12-9-14(21-5)13(20-4)8-11(12)6-7-17-15/h6-9,19H,10H2,1-5H3. The topological polar surface area (TPSA) is 54.8 Å². The average Bonchev–Trinajstić information content (AvgIpc) is 2.43. The van der Waals surface area contributed by atoms with Crippen LogP contribution in [0, 0.1) is 0 Å². The lowest BCUT2D eigenvalue weighted by atomic mass is 10.1. The summed E-state index contributed by atoms with van der Waals surface area (Å²) in [5.41, 5.74) is -0.796. The normalized spacial score (nSPS) is 11.5. The second kappa shape index (κ2) is 5.77. The largest absolute Gasteiger partial charge is 0.493 e. The number of likely N-dealkylation sites (N-methyl/N-ethyl adjacent to an activating group) is 1. The number of ether oxygens (including phenoxy) is 2. The van der Waals surface area contributed by atoms with Crippen molar-refractivity contribution in [2.24, 2.45) is 0 Å². The monoisotopic (exact) mass is 290 g/mol. The van der Waals surface area contributed by atoms with Crippen molar-refractivity contribution in [3.63, 3.8) is 0 Å². The Morgan fingerprint density at radius 1 is 1.19 bits per heavy atom. The van der Waals surface area contributed by atoms with Crippen LogP contribution in [0.3, 0.4) is 0 Å². The molecule has 0 fully saturated rings. The van der Waals surface area contributed by atoms with E-state index in [1.54, 1.807) is 34.3 Å². The first kappa shape index (κ1) is 15.4. The first-order valence-electron chi connectivity index (χ1n) is 6.80. The van der Waals surface area contributed by atoms with Gasteiger partial charge in [-0.3, -0.25) is 0 Å². The minimum absolute atomic E-state index is 0.480. The SMILES string of the molecule is COc1cc2ccnc(N(C)CC(C)(C)O)c2cc1OC. The Morgan fingerprint density at radius 2 is 1.81 bits per heavy atom. The molecule has 2 rings (SSSR count). The highest BCUT2D eigenvalue weighted by molar-refractivity contribution is 5.94. The number of rotatable bonds is 5. The Balaban J connectivity index is 2.54. The molecule has 0 saturated heterocycles. The van der Waals surface area contributed by atoms with Gasteiger partial charge >= 0.3 is 0 Å². The van der Waals surface area contributed by atoms with Gasteiger partial charge in [0.1, 0.15) is 5.82 Å². The predicted octanol–water partition coefficient (Wildman–Crippen LogP) is 2.46. The minimum atomic E-state index is -0.796. The minimum Gasteiger partial charge on any atom is -0.493 e. The Labute approximate surface area is 125 Å². The fourth-order valence-electron chi connectivity index (χ4n) is 2.44. The number of aliphatic hydroxyl groups is 1. The summed E-state index contributed by atoms with van der Waals surface area (Å²) in [6.45, 7) is 4.03. The second-order valence-electron chi connectivity index (χ2n) is 5.73. The molecular formula is C16H22N2O3. The van der Waals surface area contributed by atoms with Crippen LogP contribution in [0.4, 0.5) is 5.82 Å². The highest BCUT2D eigenvalue weighted by Crippen LogP contribution is 2.35. The number of methoxy groups -OCH3 is 2. The summed E-state index contributed by atoms with van der Waals surface area (Å²) in [6, 6.07) is 5.77. The van der Waals surface area contributed by atoms with Crippen molar-refractivity contribution in [3.05, 3.63) is 24.4 Å². The molecule has 0 saturated carbocycles. The van der Waals surface area contributed by atoms with Gasteiger partial charge in [-0.25, -0.2) is 4.98 Å². The molecule has 2 aromatic rings. The number of anilines is 1. The molecule has 0 aliphatic carbocycles. The molecule has 21 heavy (non-hydrogen) atoms. The van der Waals surface area contributed by atoms with Crippen LogP contribution in [0.25, 0.3) is 10.8 Å². The third kappa shape index (κ3) is 3.36. The molecule has 5 nitrogen and oxygen atoms in total. The molecule has 0 spiro atoms. The van der Waals surface area contributed by atoms with E-state index >= 15 is 0 Å². The summed E-state index contributed by atoms with van der Waals surface area (Å²) >= 11 is 0. The first-order valence-corrected chi connectivity index (χ1v) is 6.80. The molecule has 0 radical (unpaired) electrons. The van der Waals surface area contributed by atoms with Crippen LogP contribution in [-0.2, 0) is 0 Å². The van der Waals surface area contributed by atoms with Crippen LogP contribution >= 0.6 is 0 Å². The van der Waals surface area contributed by atoms with Crippen LogP contribution in [0.15, 0.2) is 24.4 Å². The fourth-order valence-corrected chi connectivity index (χ4v) is 2.44. The van der Waals surface area contributed by atoms with Crippen LogP contribution in [0.2, 0.25) is 0 Å². The summed E-state index contributed by atoms with van der Waals surface area (Å²) in [5, 5.41) is 12.0. The van der Waals surface area contributed by atoms with Crippen LogP contribution in [0.1, 0.15) is 13.8 Å². The number of fused-ring (bicyclic) bond motifs is 1. The molecule has 0 atom stereocenters. The molecule has 1 heterocycles. The van der Waals surface area contributed by atoms with Crippen molar-refractivity contribution >= 4 is 16.6 Å². The van der Waals surface area contributed by atoms with Crippen molar-refractivity contribution < 1.29 is 14.6 Å². The third-order valence-corrected chi connectivity index (χ3v) is 3.23. The maximum Gasteiger partial charge on any atom is 0.161 e. The lowest BCUT2D eigenvalue weighted by molar-refractivity contribution is 0.0885. The van der Waals surface area contributed by atoms with Gasteiger partial charge in [-0.1, -0.05) is 0 Å². The molecule has 0 aliphatic rings. The smallest absolute Gasteiger partial charge is 0.161 e. The van der Waals surface area contributed by atoms with Crippen LogP contribution in [-0.4, -0.2) is 43.5 Å². The Morgan fingerprint density at radius 3 is 2.38 bits per heavy atom. The van der Waals surface area contributed by atoms with Crippen molar-refractivity contribution in [2.45, 2.75) is 19.4 Å². The Bertz CT molecular complexity index is 635. The van der Waals surface area contributed by atoms with Gasteiger partial charge in [-0.05, 0) is 37.4 Å². The van der Waals surface area contributed by atoms with Crippen molar-refractivity contribution in [1.29, 1.82) is 0 Å². The van der Waals surface area contributed by atoms with Gasteiger partial charge in [0, 0.05) is 25.2 Å². The van der Waals surface area contributed by atoms with E-state index in [4.69, 9.17) is 9.47 Å². The third-order valence-electron chi connectivity index (χ3n) is 3.23. The summed E-state index contributed by atoms with van der Waals surface area (Å²) in [6.07, 6.45) is 1.75. The van der Waals surface area contributed by atoms with Crippen LogP contribution in [0.5, 0.6) is 11.5 Å². The number of aromatic nitrogens is 1. The second-order valence-corrected chi connectivity index (χ2v) is 5.73. The van der Waals surface area contributed by atoms with E-state index < -0.39 is 5.60 Å². The van der Waals surface area contributed by atoms with Crippen LogP contribution < -0.4 is 14.4 Å². The number of pyridine rings is 1. The lowest BCUT2D eigenvalue weighted by Crippen LogP contribution is -2.36. The number of hydrogen-bond donors (Lipinski definition) is 1. The molecular weight excluding hydrogens is 268 g/mol. The van der Waals surface area contributed by atoms with E-state index in [1.807, 2.05) is 30.1 Å². The molecule has 114 valence electrons. The van der Waals surface area contributed by atoms with E-state index in [1.165, 1.54) is 0 Å². The molecule has 1 N–H and O–H groups in total. The average molecular weight is 290 g/mol. The predicted molar refractivity (Wildman–Crippen MR) is 84.4 cm³/mol. The lowest BCUT2D eigenvalue weighted by Gasteiger charge is -2.27. The maximum absolute atomic E-state index is 9.99. The van der Waals surface area contributed by atoms with E-state index in [0.29, 0.717) is 18.0 Å². The zero-order valence-electron chi connectivity index (χ0n) is 13.2. The summed E-state index contributed by atoms with van der Waals surface area (Å²) < 4.78 is 10.7. The molecule has 0 aliphatic heterocycles. The van der Waals surface area contributed by atoms with Gasteiger partial charge < -0.3 is 19.5 Å². The molecule has 0 unspecified atom stereocenters. The van der Waals surface area contributed by atoms with Crippen molar-refractivity contribution in [3.8, 4) is 11.5 Å². The van der Waals surface area contributed by atoms with Crippen molar-refractivity contribution in [1.82, 2.24) is 4.98 Å². The summed E-state index contributed by atoms with van der Waals surface area (Å²) in [7, 11) is 5.14. The number of nitrogens with zero attached hydrogens (tertiary/aromatic N) is 2. The van der Waals surface area contributed by atoms with E-state index in [2.05, 4.69) is 4.98 Å². The Kier molecular flexibility index (Phi) is 4.23. The van der Waals surface area contributed by atoms with Crippen molar-refractivity contribution in [2.75, 3.05) is 32.7 Å². The van der Waals surface area contributed by atoms with E-state index in [-0.39, 0.29) is 0 Å². The molecule has 0 amide bonds. The van der Waals surface area contributed by atoms with Gasteiger partial charge in [0.15, 0.2) is 11.5 Å². The highest BCUT2D eigenvalue weighted by Gasteiger charge is 2.19. The first-order chi connectivity index (χ1) is 9.85. The van der Waals surface area contributed by atoms with Gasteiger partial charge in [0.25, 0.3) is 0 Å². The zero-order valence-corrected chi connectivity index (χ0v) is 13.2. The fraction of sp³-hybridized carbons (Fsp3) is 0.438. The molecule has 1 aromatic carbocycles. The molecule has 5 heteroatoms. The van der Waals surface area contributed by atoms with Gasteiger partial charge in [0.2, 0.25) is 0 Å². The Hall–Kier alpha value is -2.01.